The van der Waals surface area contributed by atoms with Crippen LogP contribution >= 0.6 is 0 Å². The van der Waals surface area contributed by atoms with Crippen molar-refractivity contribution in [3.63, 3.8) is 0 Å². The van der Waals surface area contributed by atoms with Gasteiger partial charge in [-0.15, -0.1) is 0 Å². The van der Waals surface area contributed by atoms with Gasteiger partial charge in [-0.3, -0.25) is 0 Å². The molecule has 1 heterocycles. The average Bonchev–Trinajstić information content (AvgIpc) is 2.84. The number of para-hydroxylation sites is 1. The molecule has 1 fully saturated rings. The van der Waals surface area contributed by atoms with Crippen molar-refractivity contribution in [3.8, 4) is 0 Å². The highest BCUT2D eigenvalue weighted by Crippen LogP contribution is 2.30. The predicted molar refractivity (Wildman–Crippen MR) is 79.4 cm³/mol. The first-order chi connectivity index (χ1) is 10.1. The van der Waals surface area contributed by atoms with Gasteiger partial charge in [0.1, 0.15) is 5.58 Å². The van der Waals surface area contributed by atoms with Gasteiger partial charge in [0.2, 0.25) is 5.76 Å². The quantitative estimate of drug-likeness (QED) is 0.914. The molecule has 0 bridgehead atoms. The second-order valence-electron chi connectivity index (χ2n) is 5.92. The van der Waals surface area contributed by atoms with Crippen LogP contribution in [0.25, 0.3) is 11.0 Å². The third-order valence-electron chi connectivity index (χ3n) is 4.24. The first kappa shape index (κ1) is 14.1. The molecule has 1 N–H and O–H groups in total. The summed E-state index contributed by atoms with van der Waals surface area (Å²) in [6.45, 7) is 2.54. The Morgan fingerprint density at radius 1 is 1.38 bits per heavy atom. The molecule has 1 aromatic heterocycles. The SMILES string of the molecule is CC1CCCC(OCc2c(C(=O)O)oc3ccccc23)C1. The van der Waals surface area contributed by atoms with E-state index >= 15 is 0 Å². The molecule has 4 heteroatoms. The first-order valence-corrected chi connectivity index (χ1v) is 7.50. The van der Waals surface area contributed by atoms with Crippen molar-refractivity contribution in [1.82, 2.24) is 0 Å². The Morgan fingerprint density at radius 3 is 2.95 bits per heavy atom. The molecule has 1 saturated carbocycles. The highest BCUT2D eigenvalue weighted by molar-refractivity contribution is 5.94. The summed E-state index contributed by atoms with van der Waals surface area (Å²) in [6, 6.07) is 7.39. The van der Waals surface area contributed by atoms with E-state index in [1.165, 1.54) is 12.8 Å². The smallest absolute Gasteiger partial charge is 0.372 e. The fourth-order valence-corrected chi connectivity index (χ4v) is 3.15. The van der Waals surface area contributed by atoms with E-state index < -0.39 is 5.97 Å². The fraction of sp³-hybridized carbons (Fsp3) is 0.471. The van der Waals surface area contributed by atoms with Gasteiger partial charge in [-0.25, -0.2) is 4.79 Å². The van der Waals surface area contributed by atoms with E-state index in [0.717, 1.165) is 18.2 Å². The normalized spacial score (nSPS) is 22.5. The second kappa shape index (κ2) is 5.90. The van der Waals surface area contributed by atoms with Gasteiger partial charge in [-0.2, -0.15) is 0 Å². The third-order valence-corrected chi connectivity index (χ3v) is 4.24. The van der Waals surface area contributed by atoms with Gasteiger partial charge < -0.3 is 14.3 Å². The predicted octanol–water partition coefficient (Wildman–Crippen LogP) is 4.23. The number of hydrogen-bond donors (Lipinski definition) is 1. The zero-order valence-electron chi connectivity index (χ0n) is 12.2. The molecular weight excluding hydrogens is 268 g/mol. The molecule has 2 atom stereocenters. The summed E-state index contributed by atoms with van der Waals surface area (Å²) in [4.78, 5) is 11.3. The molecule has 3 rings (SSSR count). The lowest BCUT2D eigenvalue weighted by Gasteiger charge is -2.26. The molecule has 1 aromatic carbocycles. The van der Waals surface area contributed by atoms with Gasteiger partial charge in [-0.05, 0) is 24.8 Å². The lowest BCUT2D eigenvalue weighted by Crippen LogP contribution is -2.21. The molecule has 2 unspecified atom stereocenters. The van der Waals surface area contributed by atoms with Crippen LogP contribution in [0.15, 0.2) is 28.7 Å². The molecule has 0 spiro atoms. The summed E-state index contributed by atoms with van der Waals surface area (Å²) < 4.78 is 11.4. The second-order valence-corrected chi connectivity index (χ2v) is 5.92. The molecule has 4 nitrogen and oxygen atoms in total. The minimum Gasteiger partial charge on any atom is -0.475 e. The van der Waals surface area contributed by atoms with Gasteiger partial charge in [0.05, 0.1) is 12.7 Å². The first-order valence-electron chi connectivity index (χ1n) is 7.50. The van der Waals surface area contributed by atoms with Gasteiger partial charge >= 0.3 is 5.97 Å². The summed E-state index contributed by atoms with van der Waals surface area (Å²) in [6.07, 6.45) is 4.78. The van der Waals surface area contributed by atoms with Crippen LogP contribution < -0.4 is 0 Å². The highest BCUT2D eigenvalue weighted by Gasteiger charge is 2.23. The number of aromatic carboxylic acids is 1. The van der Waals surface area contributed by atoms with E-state index in [0.29, 0.717) is 23.7 Å². The average molecular weight is 288 g/mol. The number of carbonyl (C=O) groups is 1. The molecule has 0 saturated heterocycles. The summed E-state index contributed by atoms with van der Waals surface area (Å²) >= 11 is 0. The standard InChI is InChI=1S/C17H20O4/c1-11-5-4-6-12(9-11)20-10-14-13-7-2-3-8-15(13)21-16(14)17(18)19/h2-3,7-8,11-12H,4-6,9-10H2,1H3,(H,18,19). The molecule has 0 radical (unpaired) electrons. The number of hydrogen-bond acceptors (Lipinski definition) is 3. The third kappa shape index (κ3) is 2.95. The van der Waals surface area contributed by atoms with Crippen LogP contribution in [0, 0.1) is 5.92 Å². The summed E-state index contributed by atoms with van der Waals surface area (Å²) in [5.41, 5.74) is 1.25. The minimum absolute atomic E-state index is 0.0000536. The lowest BCUT2D eigenvalue weighted by atomic mass is 9.89. The number of benzene rings is 1. The Morgan fingerprint density at radius 2 is 2.19 bits per heavy atom. The van der Waals surface area contributed by atoms with Gasteiger partial charge in [0.15, 0.2) is 0 Å². The zero-order chi connectivity index (χ0) is 14.8. The number of fused-ring (bicyclic) bond motifs is 1. The van der Waals surface area contributed by atoms with E-state index in [9.17, 15) is 9.90 Å². The Labute approximate surface area is 123 Å². The Bertz CT molecular complexity index is 643. The van der Waals surface area contributed by atoms with Crippen molar-refractivity contribution < 1.29 is 19.1 Å². The van der Waals surface area contributed by atoms with E-state index in [2.05, 4.69) is 6.92 Å². The Balaban J connectivity index is 1.82. The van der Waals surface area contributed by atoms with Crippen molar-refractivity contribution in [2.24, 2.45) is 5.92 Å². The van der Waals surface area contributed by atoms with Crippen LogP contribution in [0.4, 0.5) is 0 Å². The molecule has 1 aliphatic rings. The molecule has 0 aliphatic heterocycles. The maximum atomic E-state index is 11.3. The van der Waals surface area contributed by atoms with Crippen LogP contribution in [-0.2, 0) is 11.3 Å². The molecule has 0 amide bonds. The van der Waals surface area contributed by atoms with Crippen LogP contribution in [0.3, 0.4) is 0 Å². The van der Waals surface area contributed by atoms with E-state index in [1.54, 1.807) is 6.07 Å². The number of carboxylic acids is 1. The van der Waals surface area contributed by atoms with Crippen LogP contribution in [-0.4, -0.2) is 17.2 Å². The number of rotatable bonds is 4. The van der Waals surface area contributed by atoms with Gasteiger partial charge in [0, 0.05) is 10.9 Å². The molecule has 21 heavy (non-hydrogen) atoms. The van der Waals surface area contributed by atoms with E-state index in [-0.39, 0.29) is 11.9 Å². The molecule has 112 valence electrons. The number of furan rings is 1. The maximum Gasteiger partial charge on any atom is 0.372 e. The minimum atomic E-state index is -1.04. The molecule has 1 aliphatic carbocycles. The van der Waals surface area contributed by atoms with Crippen molar-refractivity contribution in [3.05, 3.63) is 35.6 Å². The van der Waals surface area contributed by atoms with E-state index in [4.69, 9.17) is 9.15 Å². The van der Waals surface area contributed by atoms with Crippen LogP contribution in [0.2, 0.25) is 0 Å². The summed E-state index contributed by atoms with van der Waals surface area (Å²) in [5, 5.41) is 10.1. The Kier molecular flexibility index (Phi) is 3.97. The van der Waals surface area contributed by atoms with E-state index in [1.807, 2.05) is 18.2 Å². The Hall–Kier alpha value is -1.81. The van der Waals surface area contributed by atoms with Crippen molar-refractivity contribution in [2.75, 3.05) is 0 Å². The highest BCUT2D eigenvalue weighted by atomic mass is 16.5. The van der Waals surface area contributed by atoms with Crippen LogP contribution in [0.5, 0.6) is 0 Å². The number of ether oxygens (including phenoxy) is 1. The summed E-state index contributed by atoms with van der Waals surface area (Å²) in [7, 11) is 0. The largest absolute Gasteiger partial charge is 0.475 e. The van der Waals surface area contributed by atoms with Gasteiger partial charge in [0.25, 0.3) is 0 Å². The summed E-state index contributed by atoms with van der Waals surface area (Å²) in [5.74, 6) is -0.356. The molecular formula is C17H20O4. The number of carboxylic acid groups (broad SMARTS) is 1. The van der Waals surface area contributed by atoms with Crippen molar-refractivity contribution in [1.29, 1.82) is 0 Å². The topological polar surface area (TPSA) is 59.7 Å². The molecule has 2 aromatic rings. The van der Waals surface area contributed by atoms with Crippen LogP contribution in [0.1, 0.15) is 48.7 Å². The zero-order valence-corrected chi connectivity index (χ0v) is 12.2. The maximum absolute atomic E-state index is 11.3. The fourth-order valence-electron chi connectivity index (χ4n) is 3.15. The van der Waals surface area contributed by atoms with Crippen molar-refractivity contribution >= 4 is 16.9 Å². The monoisotopic (exact) mass is 288 g/mol. The van der Waals surface area contributed by atoms with Crippen molar-refractivity contribution in [2.45, 2.75) is 45.3 Å². The van der Waals surface area contributed by atoms with Gasteiger partial charge in [-0.1, -0.05) is 38.0 Å². The lowest BCUT2D eigenvalue weighted by molar-refractivity contribution is 0.00420.